The highest BCUT2D eigenvalue weighted by Gasteiger charge is 2.26. The molecule has 2 aromatic rings. The number of nitrogens with zero attached hydrogens (tertiary/aromatic N) is 1. The van der Waals surface area contributed by atoms with Crippen molar-refractivity contribution in [1.29, 1.82) is 0 Å². The van der Waals surface area contributed by atoms with Gasteiger partial charge in [0.15, 0.2) is 0 Å². The molecule has 3 nitrogen and oxygen atoms in total. The maximum absolute atomic E-state index is 6.13. The summed E-state index contributed by atoms with van der Waals surface area (Å²) in [7, 11) is 0. The van der Waals surface area contributed by atoms with E-state index >= 15 is 0 Å². The molecule has 2 N–H and O–H groups in total. The number of rotatable bonds is 6. The Morgan fingerprint density at radius 1 is 1.08 bits per heavy atom. The maximum atomic E-state index is 6.13. The molecule has 1 aliphatic heterocycles. The lowest BCUT2D eigenvalue weighted by Crippen LogP contribution is -2.44. The lowest BCUT2D eigenvalue weighted by molar-refractivity contribution is 0.119. The van der Waals surface area contributed by atoms with Crippen LogP contribution in [0.1, 0.15) is 32.3 Å². The number of benzene rings is 2. The molecule has 1 heterocycles. The van der Waals surface area contributed by atoms with Gasteiger partial charge in [0.25, 0.3) is 0 Å². The monoisotopic (exact) mass is 324 g/mol. The second-order valence-electron chi connectivity index (χ2n) is 6.61. The molecule has 0 bridgehead atoms. The van der Waals surface area contributed by atoms with Gasteiger partial charge in [0.1, 0.15) is 12.4 Å². The lowest BCUT2D eigenvalue weighted by atomic mass is 9.92. The first-order valence-electron chi connectivity index (χ1n) is 9.07. The van der Waals surface area contributed by atoms with Crippen molar-refractivity contribution >= 4 is 5.69 Å². The highest BCUT2D eigenvalue weighted by atomic mass is 16.5. The summed E-state index contributed by atoms with van der Waals surface area (Å²) in [5.41, 5.74) is 10.5. The zero-order chi connectivity index (χ0) is 16.9. The van der Waals surface area contributed by atoms with Gasteiger partial charge in [-0.2, -0.15) is 0 Å². The van der Waals surface area contributed by atoms with Crippen molar-refractivity contribution in [2.24, 2.45) is 0 Å². The second kappa shape index (κ2) is 7.71. The molecule has 2 aromatic carbocycles. The SMILES string of the molecule is CCCN(CCC)C1COc2cccc(-c3cccc(N)c3)c2C1. The van der Waals surface area contributed by atoms with Gasteiger partial charge in [0.2, 0.25) is 0 Å². The third-order valence-electron chi connectivity index (χ3n) is 4.74. The number of nitrogen functional groups attached to an aromatic ring is 1. The molecule has 0 aromatic heterocycles. The van der Waals surface area contributed by atoms with Gasteiger partial charge in [-0.05, 0) is 61.7 Å². The Hall–Kier alpha value is -2.00. The highest BCUT2D eigenvalue weighted by Crippen LogP contribution is 2.35. The van der Waals surface area contributed by atoms with E-state index in [0.717, 1.165) is 37.6 Å². The van der Waals surface area contributed by atoms with Crippen LogP contribution in [0, 0.1) is 0 Å². The van der Waals surface area contributed by atoms with E-state index in [4.69, 9.17) is 10.5 Å². The fraction of sp³-hybridized carbons (Fsp3) is 0.429. The summed E-state index contributed by atoms with van der Waals surface area (Å²) in [5, 5.41) is 0. The fourth-order valence-electron chi connectivity index (χ4n) is 3.65. The van der Waals surface area contributed by atoms with Crippen LogP contribution in [0.4, 0.5) is 5.69 Å². The Morgan fingerprint density at radius 2 is 1.83 bits per heavy atom. The molecule has 0 aliphatic carbocycles. The van der Waals surface area contributed by atoms with E-state index in [1.165, 1.54) is 29.5 Å². The van der Waals surface area contributed by atoms with E-state index in [2.05, 4.69) is 49.1 Å². The van der Waals surface area contributed by atoms with Gasteiger partial charge >= 0.3 is 0 Å². The first kappa shape index (κ1) is 16.8. The van der Waals surface area contributed by atoms with Crippen molar-refractivity contribution < 1.29 is 4.74 Å². The average molecular weight is 324 g/mol. The number of hydrogen-bond donors (Lipinski definition) is 1. The predicted octanol–water partition coefficient (Wildman–Crippen LogP) is 4.36. The predicted molar refractivity (Wildman–Crippen MR) is 101 cm³/mol. The Bertz CT molecular complexity index is 677. The van der Waals surface area contributed by atoms with Crippen LogP contribution in [0.15, 0.2) is 42.5 Å². The summed E-state index contributed by atoms with van der Waals surface area (Å²) in [6, 6.07) is 14.9. The number of anilines is 1. The molecule has 0 radical (unpaired) electrons. The van der Waals surface area contributed by atoms with Gasteiger partial charge in [-0.1, -0.05) is 38.1 Å². The molecule has 0 spiro atoms. The zero-order valence-electron chi connectivity index (χ0n) is 14.8. The molecular formula is C21H28N2O. The number of fused-ring (bicyclic) bond motifs is 1. The van der Waals surface area contributed by atoms with E-state index in [9.17, 15) is 0 Å². The zero-order valence-corrected chi connectivity index (χ0v) is 14.8. The minimum atomic E-state index is 0.458. The standard InChI is InChI=1S/C21H28N2O/c1-3-11-23(12-4-2)18-14-20-19(9-6-10-21(20)24-15-18)16-7-5-8-17(22)13-16/h5-10,13,18H,3-4,11-12,14-15,22H2,1-2H3. The molecule has 0 amide bonds. The van der Waals surface area contributed by atoms with Gasteiger partial charge in [0.05, 0.1) is 0 Å². The van der Waals surface area contributed by atoms with E-state index in [0.29, 0.717) is 6.04 Å². The molecule has 0 fully saturated rings. The Balaban J connectivity index is 1.92. The first-order valence-corrected chi connectivity index (χ1v) is 9.07. The van der Waals surface area contributed by atoms with Crippen LogP contribution in [-0.4, -0.2) is 30.6 Å². The van der Waals surface area contributed by atoms with Crippen molar-refractivity contribution in [3.8, 4) is 16.9 Å². The molecule has 0 saturated carbocycles. The normalized spacial score (nSPS) is 16.7. The van der Waals surface area contributed by atoms with Crippen LogP contribution in [0.25, 0.3) is 11.1 Å². The van der Waals surface area contributed by atoms with E-state index in [1.807, 2.05) is 12.1 Å². The van der Waals surface area contributed by atoms with Crippen LogP contribution in [-0.2, 0) is 6.42 Å². The molecule has 128 valence electrons. The average Bonchev–Trinajstić information content (AvgIpc) is 2.60. The van der Waals surface area contributed by atoms with Crippen molar-refractivity contribution in [1.82, 2.24) is 4.90 Å². The van der Waals surface area contributed by atoms with E-state index in [-0.39, 0.29) is 0 Å². The second-order valence-corrected chi connectivity index (χ2v) is 6.61. The van der Waals surface area contributed by atoms with Crippen LogP contribution in [0.3, 0.4) is 0 Å². The third-order valence-corrected chi connectivity index (χ3v) is 4.74. The Labute approximate surface area is 145 Å². The van der Waals surface area contributed by atoms with Crippen molar-refractivity contribution in [3.05, 3.63) is 48.0 Å². The Kier molecular flexibility index (Phi) is 5.41. The minimum absolute atomic E-state index is 0.458. The topological polar surface area (TPSA) is 38.5 Å². The quantitative estimate of drug-likeness (QED) is 0.802. The summed E-state index contributed by atoms with van der Waals surface area (Å²) in [4.78, 5) is 2.58. The van der Waals surface area contributed by atoms with Crippen LogP contribution in [0.5, 0.6) is 5.75 Å². The Morgan fingerprint density at radius 3 is 2.54 bits per heavy atom. The maximum Gasteiger partial charge on any atom is 0.123 e. The minimum Gasteiger partial charge on any atom is -0.492 e. The van der Waals surface area contributed by atoms with E-state index < -0.39 is 0 Å². The van der Waals surface area contributed by atoms with Crippen LogP contribution < -0.4 is 10.5 Å². The van der Waals surface area contributed by atoms with Gasteiger partial charge in [0, 0.05) is 17.3 Å². The molecule has 1 atom stereocenters. The smallest absolute Gasteiger partial charge is 0.123 e. The number of ether oxygens (including phenoxy) is 1. The molecular weight excluding hydrogens is 296 g/mol. The van der Waals surface area contributed by atoms with Crippen molar-refractivity contribution in [3.63, 3.8) is 0 Å². The van der Waals surface area contributed by atoms with Gasteiger partial charge in [-0.25, -0.2) is 0 Å². The number of nitrogens with two attached hydrogens (primary N) is 1. The number of hydrogen-bond acceptors (Lipinski definition) is 3. The summed E-state index contributed by atoms with van der Waals surface area (Å²) >= 11 is 0. The summed E-state index contributed by atoms with van der Waals surface area (Å²) in [6.07, 6.45) is 3.40. The first-order chi connectivity index (χ1) is 11.7. The molecule has 3 heteroatoms. The summed E-state index contributed by atoms with van der Waals surface area (Å²) < 4.78 is 6.13. The largest absolute Gasteiger partial charge is 0.492 e. The van der Waals surface area contributed by atoms with Gasteiger partial charge in [-0.3, -0.25) is 4.90 Å². The molecule has 0 saturated heterocycles. The summed E-state index contributed by atoms with van der Waals surface area (Å²) in [5.74, 6) is 1.03. The third kappa shape index (κ3) is 3.57. The molecule has 1 unspecified atom stereocenters. The lowest BCUT2D eigenvalue weighted by Gasteiger charge is -2.35. The van der Waals surface area contributed by atoms with Gasteiger partial charge in [-0.15, -0.1) is 0 Å². The molecule has 1 aliphatic rings. The summed E-state index contributed by atoms with van der Waals surface area (Å²) in [6.45, 7) is 7.56. The van der Waals surface area contributed by atoms with Crippen molar-refractivity contribution in [2.75, 3.05) is 25.4 Å². The van der Waals surface area contributed by atoms with Crippen LogP contribution in [0.2, 0.25) is 0 Å². The molecule has 24 heavy (non-hydrogen) atoms. The van der Waals surface area contributed by atoms with Crippen LogP contribution >= 0.6 is 0 Å². The molecule has 3 rings (SSSR count). The fourth-order valence-corrected chi connectivity index (χ4v) is 3.65. The van der Waals surface area contributed by atoms with Gasteiger partial charge < -0.3 is 10.5 Å². The van der Waals surface area contributed by atoms with Crippen molar-refractivity contribution in [2.45, 2.75) is 39.2 Å². The van der Waals surface area contributed by atoms with E-state index in [1.54, 1.807) is 0 Å². The highest BCUT2D eigenvalue weighted by molar-refractivity contribution is 5.73.